The van der Waals surface area contributed by atoms with Crippen LogP contribution in [0.1, 0.15) is 15.9 Å². The van der Waals surface area contributed by atoms with Gasteiger partial charge in [0.05, 0.1) is 39.0 Å². The predicted octanol–water partition coefficient (Wildman–Crippen LogP) is 1.21. The second kappa shape index (κ2) is 10.4. The van der Waals surface area contributed by atoms with E-state index in [0.717, 1.165) is 12.1 Å². The van der Waals surface area contributed by atoms with Crippen molar-refractivity contribution in [1.82, 2.24) is 10.7 Å². The van der Waals surface area contributed by atoms with Crippen LogP contribution in [0.25, 0.3) is 0 Å². The van der Waals surface area contributed by atoms with Crippen molar-refractivity contribution in [1.29, 1.82) is 0 Å². The summed E-state index contributed by atoms with van der Waals surface area (Å²) in [6, 6.07) is 6.46. The number of aromatic hydroxyl groups is 1. The van der Waals surface area contributed by atoms with Crippen LogP contribution in [0.5, 0.6) is 23.0 Å². The molecule has 2 aromatic rings. The number of phenolic OH excluding ortho intramolecular Hbond substituents is 1. The summed E-state index contributed by atoms with van der Waals surface area (Å²) in [5, 5.41) is 26.3. The number of hydrazone groups is 1. The number of nitro benzene ring substituents is 1. The fourth-order valence-electron chi connectivity index (χ4n) is 2.47. The molecule has 0 aliphatic carbocycles. The van der Waals surface area contributed by atoms with Gasteiger partial charge in [-0.3, -0.25) is 19.7 Å². The van der Waals surface area contributed by atoms with Gasteiger partial charge < -0.3 is 24.6 Å². The van der Waals surface area contributed by atoms with E-state index in [1.54, 1.807) is 0 Å². The van der Waals surface area contributed by atoms with Crippen molar-refractivity contribution in [2.24, 2.45) is 5.10 Å². The Morgan fingerprint density at radius 1 is 1.13 bits per heavy atom. The maximum absolute atomic E-state index is 12.3. The average Bonchev–Trinajstić information content (AvgIpc) is 2.76. The molecule has 12 nitrogen and oxygen atoms in total. The molecule has 0 bridgehead atoms. The number of carbonyl (C=O) groups excluding carboxylic acids is 2. The number of benzene rings is 2. The monoisotopic (exact) mass is 432 g/mol. The maximum Gasteiger partial charge on any atom is 0.310 e. The second-order valence-electron chi connectivity index (χ2n) is 5.90. The molecule has 12 heteroatoms. The molecule has 164 valence electrons. The van der Waals surface area contributed by atoms with E-state index in [9.17, 15) is 24.8 Å². The van der Waals surface area contributed by atoms with Gasteiger partial charge in [-0.05, 0) is 29.8 Å². The Hall–Kier alpha value is -4.35. The lowest BCUT2D eigenvalue weighted by Gasteiger charge is -2.14. The molecule has 2 amide bonds. The molecule has 2 rings (SSSR count). The van der Waals surface area contributed by atoms with Crippen molar-refractivity contribution in [2.45, 2.75) is 0 Å². The van der Waals surface area contributed by atoms with Crippen LogP contribution in [0.3, 0.4) is 0 Å². The number of nitro groups is 1. The lowest BCUT2D eigenvalue weighted by molar-refractivity contribution is -0.385. The Morgan fingerprint density at radius 2 is 1.77 bits per heavy atom. The molecule has 31 heavy (non-hydrogen) atoms. The molecule has 0 aliphatic rings. The highest BCUT2D eigenvalue weighted by Crippen LogP contribution is 2.38. The number of methoxy groups -OCH3 is 3. The van der Waals surface area contributed by atoms with Gasteiger partial charge in [0, 0.05) is 11.6 Å². The van der Waals surface area contributed by atoms with Gasteiger partial charge in [-0.1, -0.05) is 0 Å². The van der Waals surface area contributed by atoms with E-state index in [4.69, 9.17) is 14.2 Å². The summed E-state index contributed by atoms with van der Waals surface area (Å²) in [7, 11) is 4.26. The van der Waals surface area contributed by atoms with Crippen molar-refractivity contribution in [3.8, 4) is 23.0 Å². The number of nitrogens with one attached hydrogen (secondary N) is 2. The smallest absolute Gasteiger partial charge is 0.310 e. The third-order valence-corrected chi connectivity index (χ3v) is 3.94. The zero-order chi connectivity index (χ0) is 23.0. The van der Waals surface area contributed by atoms with Gasteiger partial charge in [0.25, 0.3) is 11.8 Å². The Bertz CT molecular complexity index is 997. The molecular weight excluding hydrogens is 412 g/mol. The topological polar surface area (TPSA) is 162 Å². The highest BCUT2D eigenvalue weighted by atomic mass is 16.6. The summed E-state index contributed by atoms with van der Waals surface area (Å²) in [6.45, 7) is -0.377. The Kier molecular flexibility index (Phi) is 7.72. The largest absolute Gasteiger partial charge is 0.502 e. The van der Waals surface area contributed by atoms with Crippen LogP contribution < -0.4 is 25.0 Å². The first-order chi connectivity index (χ1) is 14.8. The molecule has 0 unspecified atom stereocenters. The number of carbonyl (C=O) groups is 2. The summed E-state index contributed by atoms with van der Waals surface area (Å²) in [4.78, 5) is 34.2. The molecule has 0 radical (unpaired) electrons. The fourth-order valence-corrected chi connectivity index (χ4v) is 2.47. The van der Waals surface area contributed by atoms with Crippen LogP contribution in [0.2, 0.25) is 0 Å². The normalized spacial score (nSPS) is 10.4. The van der Waals surface area contributed by atoms with Crippen LogP contribution in [0.4, 0.5) is 5.69 Å². The molecule has 0 atom stereocenters. The van der Waals surface area contributed by atoms with Crippen LogP contribution in [0, 0.1) is 10.1 Å². The van der Waals surface area contributed by atoms with Crippen molar-refractivity contribution >= 4 is 23.7 Å². The Morgan fingerprint density at radius 3 is 2.29 bits per heavy atom. The zero-order valence-corrected chi connectivity index (χ0v) is 16.9. The summed E-state index contributed by atoms with van der Waals surface area (Å²) >= 11 is 0. The van der Waals surface area contributed by atoms with E-state index in [1.165, 1.54) is 45.7 Å². The number of hydrogen-bond donors (Lipinski definition) is 3. The van der Waals surface area contributed by atoms with Crippen molar-refractivity contribution < 1.29 is 33.8 Å². The van der Waals surface area contributed by atoms with E-state index in [1.807, 2.05) is 0 Å². The summed E-state index contributed by atoms with van der Waals surface area (Å²) in [5.41, 5.74) is 2.25. The molecule has 2 aromatic carbocycles. The van der Waals surface area contributed by atoms with Gasteiger partial charge in [0.15, 0.2) is 17.2 Å². The number of amides is 2. The maximum atomic E-state index is 12.3. The van der Waals surface area contributed by atoms with Crippen LogP contribution >= 0.6 is 0 Å². The highest BCUT2D eigenvalue weighted by molar-refractivity contribution is 5.97. The lowest BCUT2D eigenvalue weighted by Crippen LogP contribution is -2.34. The minimum Gasteiger partial charge on any atom is -0.502 e. The number of ether oxygens (including phenoxy) is 3. The van der Waals surface area contributed by atoms with Crippen LogP contribution in [-0.2, 0) is 4.79 Å². The first-order valence-corrected chi connectivity index (χ1v) is 8.68. The first-order valence-electron chi connectivity index (χ1n) is 8.68. The average molecular weight is 432 g/mol. The van der Waals surface area contributed by atoms with Gasteiger partial charge in [-0.25, -0.2) is 5.43 Å². The molecule has 0 spiro atoms. The predicted molar refractivity (Wildman–Crippen MR) is 109 cm³/mol. The van der Waals surface area contributed by atoms with E-state index >= 15 is 0 Å². The minimum absolute atomic E-state index is 0.187. The van der Waals surface area contributed by atoms with Gasteiger partial charge in [0.2, 0.25) is 5.75 Å². The molecule has 0 aromatic heterocycles. The summed E-state index contributed by atoms with van der Waals surface area (Å²) in [5.74, 6) is -0.814. The van der Waals surface area contributed by atoms with Gasteiger partial charge in [-0.15, -0.1) is 0 Å². The zero-order valence-electron chi connectivity index (χ0n) is 16.9. The van der Waals surface area contributed by atoms with Crippen LogP contribution in [-0.4, -0.2) is 55.9 Å². The summed E-state index contributed by atoms with van der Waals surface area (Å²) in [6.07, 6.45) is 1.18. The number of nitrogens with zero attached hydrogens (tertiary/aromatic N) is 2. The molecule has 0 heterocycles. The number of rotatable bonds is 9. The van der Waals surface area contributed by atoms with Crippen molar-refractivity contribution in [2.75, 3.05) is 27.9 Å². The van der Waals surface area contributed by atoms with Gasteiger partial charge in [-0.2, -0.15) is 5.10 Å². The Balaban J connectivity index is 1.95. The third kappa shape index (κ3) is 5.82. The third-order valence-electron chi connectivity index (χ3n) is 3.94. The molecule has 0 saturated heterocycles. The Labute approximate surface area is 176 Å². The van der Waals surface area contributed by atoms with E-state index in [2.05, 4.69) is 15.8 Å². The SMILES string of the molecule is COc1cc(C(=O)NCC(=O)N/N=C/c2ccc([N+](=O)[O-])c(O)c2)cc(OC)c1OC. The van der Waals surface area contributed by atoms with Gasteiger partial charge in [0.1, 0.15) is 0 Å². The minimum atomic E-state index is -0.727. The lowest BCUT2D eigenvalue weighted by atomic mass is 10.1. The number of phenols is 1. The van der Waals surface area contributed by atoms with Gasteiger partial charge >= 0.3 is 5.69 Å². The molecule has 0 aliphatic heterocycles. The van der Waals surface area contributed by atoms with Crippen molar-refractivity contribution in [3.63, 3.8) is 0 Å². The molecule has 0 saturated carbocycles. The quantitative estimate of drug-likeness (QED) is 0.302. The number of hydrogen-bond acceptors (Lipinski definition) is 9. The highest BCUT2D eigenvalue weighted by Gasteiger charge is 2.17. The molecular formula is C19H20N4O8. The van der Waals surface area contributed by atoms with E-state index < -0.39 is 28.2 Å². The standard InChI is InChI=1S/C19H20N4O8/c1-29-15-7-12(8-16(30-2)18(15)31-3)19(26)20-10-17(25)22-21-9-11-4-5-13(23(27)28)14(24)6-11/h4-9,24H,10H2,1-3H3,(H,20,26)(H,22,25)/b21-9+. The second-order valence-corrected chi connectivity index (χ2v) is 5.90. The van der Waals surface area contributed by atoms with Crippen LogP contribution in [0.15, 0.2) is 35.4 Å². The molecule has 0 fully saturated rings. The van der Waals surface area contributed by atoms with Crippen molar-refractivity contribution in [3.05, 3.63) is 51.6 Å². The van der Waals surface area contributed by atoms with E-state index in [-0.39, 0.29) is 23.6 Å². The molecule has 3 N–H and O–H groups in total. The van der Waals surface area contributed by atoms with E-state index in [0.29, 0.717) is 11.3 Å². The fraction of sp³-hybridized carbons (Fsp3) is 0.211. The first kappa shape index (κ1) is 22.9. The summed E-state index contributed by atoms with van der Waals surface area (Å²) < 4.78 is 15.5.